The highest BCUT2D eigenvalue weighted by atomic mass is 19.1. The van der Waals surface area contributed by atoms with Crippen molar-refractivity contribution < 1.29 is 23.5 Å². The minimum atomic E-state index is -0.960. The number of oxime groups is 1. The summed E-state index contributed by atoms with van der Waals surface area (Å²) in [6.07, 6.45) is 0.537. The Balaban J connectivity index is 3.00. The van der Waals surface area contributed by atoms with Gasteiger partial charge in [-0.25, -0.2) is 8.78 Å². The normalized spacial score (nSPS) is 10.4. The van der Waals surface area contributed by atoms with E-state index in [1.54, 1.807) is 0 Å². The van der Waals surface area contributed by atoms with Crippen LogP contribution in [0.1, 0.15) is 0 Å². The summed E-state index contributed by atoms with van der Waals surface area (Å²) < 4.78 is 30.7. The molecule has 1 rings (SSSR count). The summed E-state index contributed by atoms with van der Waals surface area (Å²) in [5, 5.41) is 12.6. The fourth-order valence-electron chi connectivity index (χ4n) is 0.999. The van der Waals surface area contributed by atoms with E-state index in [1.807, 2.05) is 5.32 Å². The second-order valence-corrected chi connectivity index (χ2v) is 2.70. The van der Waals surface area contributed by atoms with Crippen LogP contribution in [0, 0.1) is 11.6 Å². The van der Waals surface area contributed by atoms with Crippen LogP contribution >= 0.6 is 0 Å². The summed E-state index contributed by atoms with van der Waals surface area (Å²) in [5.41, 5.74) is -0.275. The van der Waals surface area contributed by atoms with Gasteiger partial charge in [0.05, 0.1) is 12.8 Å². The van der Waals surface area contributed by atoms with Crippen LogP contribution in [0.4, 0.5) is 14.5 Å². The van der Waals surface area contributed by atoms with Crippen LogP contribution in [-0.4, -0.2) is 24.4 Å². The van der Waals surface area contributed by atoms with Crippen LogP contribution < -0.4 is 10.1 Å². The summed E-state index contributed by atoms with van der Waals surface area (Å²) in [6.45, 7) is 0. The molecule has 5 nitrogen and oxygen atoms in total. The predicted octanol–water partition coefficient (Wildman–Crippen LogP) is 1.37. The number of anilines is 1. The number of benzene rings is 1. The van der Waals surface area contributed by atoms with E-state index in [-0.39, 0.29) is 11.4 Å². The first-order valence-corrected chi connectivity index (χ1v) is 4.10. The second-order valence-electron chi connectivity index (χ2n) is 2.70. The highest BCUT2D eigenvalue weighted by Gasteiger charge is 2.11. The van der Waals surface area contributed by atoms with Crippen molar-refractivity contribution in [3.8, 4) is 5.75 Å². The molecule has 2 N–H and O–H groups in total. The highest BCUT2D eigenvalue weighted by molar-refractivity contribution is 6.31. The van der Waals surface area contributed by atoms with Crippen LogP contribution in [0.15, 0.2) is 17.3 Å². The fourth-order valence-corrected chi connectivity index (χ4v) is 0.999. The Kier molecular flexibility index (Phi) is 3.76. The Bertz CT molecular complexity index is 435. The van der Waals surface area contributed by atoms with Gasteiger partial charge in [0.1, 0.15) is 12.0 Å². The van der Waals surface area contributed by atoms with Gasteiger partial charge < -0.3 is 15.3 Å². The van der Waals surface area contributed by atoms with E-state index in [9.17, 15) is 13.6 Å². The van der Waals surface area contributed by atoms with Crippen molar-refractivity contribution >= 4 is 17.8 Å². The molecule has 0 aliphatic carbocycles. The van der Waals surface area contributed by atoms with Crippen molar-refractivity contribution in [2.24, 2.45) is 5.16 Å². The Hall–Kier alpha value is -2.18. The minimum Gasteiger partial charge on any atom is -0.494 e. The average Bonchev–Trinajstić information content (AvgIpc) is 2.22. The number of ether oxygens (including phenoxy) is 1. The molecule has 0 aliphatic heterocycles. The number of amides is 1. The quantitative estimate of drug-likeness (QED) is 0.468. The number of hydrogen-bond donors (Lipinski definition) is 2. The minimum absolute atomic E-state index is 0.211. The summed E-state index contributed by atoms with van der Waals surface area (Å²) in [6, 6.07) is 1.55. The van der Waals surface area contributed by atoms with E-state index in [0.717, 1.165) is 6.07 Å². The molecular formula is C9H8F2N2O3. The van der Waals surface area contributed by atoms with Gasteiger partial charge in [-0.05, 0) is 0 Å². The van der Waals surface area contributed by atoms with Gasteiger partial charge in [-0.2, -0.15) is 0 Å². The van der Waals surface area contributed by atoms with E-state index in [1.165, 1.54) is 7.11 Å². The lowest BCUT2D eigenvalue weighted by atomic mass is 10.2. The van der Waals surface area contributed by atoms with Gasteiger partial charge in [0.25, 0.3) is 5.91 Å². The maximum Gasteiger partial charge on any atom is 0.270 e. The second kappa shape index (κ2) is 5.06. The topological polar surface area (TPSA) is 70.9 Å². The van der Waals surface area contributed by atoms with Crippen LogP contribution in [0.3, 0.4) is 0 Å². The maximum absolute atomic E-state index is 13.2. The van der Waals surface area contributed by atoms with Crippen LogP contribution in [-0.2, 0) is 4.79 Å². The van der Waals surface area contributed by atoms with Crippen LogP contribution in [0.5, 0.6) is 5.75 Å². The summed E-state index contributed by atoms with van der Waals surface area (Å²) >= 11 is 0. The van der Waals surface area contributed by atoms with Gasteiger partial charge >= 0.3 is 0 Å². The van der Waals surface area contributed by atoms with E-state index in [4.69, 9.17) is 5.21 Å². The Labute approximate surface area is 89.3 Å². The molecule has 0 heterocycles. The lowest BCUT2D eigenvalue weighted by molar-refractivity contribution is -0.110. The zero-order valence-corrected chi connectivity index (χ0v) is 8.20. The van der Waals surface area contributed by atoms with Crippen molar-refractivity contribution in [2.75, 3.05) is 12.4 Å². The first-order valence-electron chi connectivity index (χ1n) is 4.10. The average molecular weight is 230 g/mol. The van der Waals surface area contributed by atoms with Gasteiger partial charge in [-0.1, -0.05) is 5.16 Å². The zero-order valence-electron chi connectivity index (χ0n) is 8.20. The van der Waals surface area contributed by atoms with Crippen molar-refractivity contribution in [3.05, 3.63) is 23.8 Å². The van der Waals surface area contributed by atoms with Crippen molar-refractivity contribution in [3.63, 3.8) is 0 Å². The molecule has 0 aromatic heterocycles. The monoisotopic (exact) mass is 230 g/mol. The van der Waals surface area contributed by atoms with Crippen LogP contribution in [0.2, 0.25) is 0 Å². The molecule has 0 saturated heterocycles. The number of methoxy groups -OCH3 is 1. The Morgan fingerprint density at radius 2 is 2.19 bits per heavy atom. The molecule has 1 aromatic carbocycles. The third kappa shape index (κ3) is 2.66. The molecule has 0 atom stereocenters. The number of rotatable bonds is 3. The van der Waals surface area contributed by atoms with Gasteiger partial charge in [-0.3, -0.25) is 4.79 Å². The van der Waals surface area contributed by atoms with E-state index < -0.39 is 17.5 Å². The van der Waals surface area contributed by atoms with Gasteiger partial charge in [0.15, 0.2) is 11.6 Å². The van der Waals surface area contributed by atoms with Gasteiger partial charge in [0.2, 0.25) is 0 Å². The maximum atomic E-state index is 13.2. The van der Waals surface area contributed by atoms with Crippen LogP contribution in [0.25, 0.3) is 0 Å². The number of halogens is 2. The summed E-state index contributed by atoms with van der Waals surface area (Å²) in [4.78, 5) is 10.9. The molecular weight excluding hydrogens is 222 g/mol. The van der Waals surface area contributed by atoms with Crippen molar-refractivity contribution in [1.82, 2.24) is 0 Å². The lowest BCUT2D eigenvalue weighted by Gasteiger charge is -2.07. The molecule has 16 heavy (non-hydrogen) atoms. The first kappa shape index (κ1) is 11.9. The molecule has 86 valence electrons. The Morgan fingerprint density at radius 1 is 1.50 bits per heavy atom. The van der Waals surface area contributed by atoms with E-state index in [2.05, 4.69) is 9.89 Å². The molecule has 1 aromatic rings. The Morgan fingerprint density at radius 3 is 2.75 bits per heavy atom. The molecule has 1 amide bonds. The van der Waals surface area contributed by atoms with Crippen molar-refractivity contribution in [1.29, 1.82) is 0 Å². The molecule has 0 spiro atoms. The van der Waals surface area contributed by atoms with Gasteiger partial charge in [-0.15, -0.1) is 0 Å². The number of nitrogens with zero attached hydrogens (tertiary/aromatic N) is 1. The van der Waals surface area contributed by atoms with Gasteiger partial charge in [0, 0.05) is 12.1 Å². The molecule has 0 unspecified atom stereocenters. The molecule has 0 aliphatic rings. The predicted molar refractivity (Wildman–Crippen MR) is 51.8 cm³/mol. The summed E-state index contributed by atoms with van der Waals surface area (Å²) in [7, 11) is 1.21. The third-order valence-electron chi connectivity index (χ3n) is 1.67. The first-order chi connectivity index (χ1) is 7.58. The van der Waals surface area contributed by atoms with Crippen molar-refractivity contribution in [2.45, 2.75) is 0 Å². The molecule has 0 saturated carbocycles. The SMILES string of the molecule is COc1cc(NC(=O)/C=N/O)c(F)cc1F. The molecule has 0 radical (unpaired) electrons. The molecule has 7 heteroatoms. The fraction of sp³-hybridized carbons (Fsp3) is 0.111. The van der Waals surface area contributed by atoms with E-state index >= 15 is 0 Å². The standard InChI is InChI=1S/C9H8F2N2O3/c1-16-8-3-7(5(10)2-6(8)11)13-9(14)4-12-15/h2-4,15H,1H3,(H,13,14)/b12-4+. The molecule has 0 bridgehead atoms. The number of carbonyl (C=O) groups is 1. The molecule has 0 fully saturated rings. The largest absolute Gasteiger partial charge is 0.494 e. The number of carbonyl (C=O) groups excluding carboxylic acids is 1. The highest BCUT2D eigenvalue weighted by Crippen LogP contribution is 2.24. The zero-order chi connectivity index (χ0) is 12.1. The summed E-state index contributed by atoms with van der Waals surface area (Å²) in [5.74, 6) is -2.90. The van der Waals surface area contributed by atoms with E-state index in [0.29, 0.717) is 12.3 Å². The number of hydrogen-bond acceptors (Lipinski definition) is 4. The lowest BCUT2D eigenvalue weighted by Crippen LogP contribution is -2.14. The third-order valence-corrected chi connectivity index (χ3v) is 1.67. The smallest absolute Gasteiger partial charge is 0.270 e. The number of nitrogens with one attached hydrogen (secondary N) is 1.